The lowest BCUT2D eigenvalue weighted by atomic mass is 9.96. The van der Waals surface area contributed by atoms with E-state index in [1.807, 2.05) is 24.3 Å². The molecule has 6 rings (SSSR count). The summed E-state index contributed by atoms with van der Waals surface area (Å²) in [6, 6.07) is 14.4. The molecule has 3 heterocycles. The number of nitrogens with zero attached hydrogens (tertiary/aromatic N) is 4. The van der Waals surface area contributed by atoms with Crippen LogP contribution >= 0.6 is 22.9 Å². The quantitative estimate of drug-likeness (QED) is 0.330. The van der Waals surface area contributed by atoms with Crippen LogP contribution in [0.2, 0.25) is 5.02 Å². The number of aryl methyl sites for hydroxylation is 3. The van der Waals surface area contributed by atoms with E-state index in [4.69, 9.17) is 26.7 Å². The molecule has 0 saturated carbocycles. The second-order valence-corrected chi connectivity index (χ2v) is 9.07. The van der Waals surface area contributed by atoms with E-state index in [-0.39, 0.29) is 0 Å². The number of halogens is 1. The maximum absolute atomic E-state index is 6.04. The average Bonchev–Trinajstić information content (AvgIpc) is 3.26. The lowest BCUT2D eigenvalue weighted by molar-refractivity contribution is 0.844. The van der Waals surface area contributed by atoms with Crippen LogP contribution in [0.25, 0.3) is 38.4 Å². The molecule has 0 aliphatic heterocycles. The van der Waals surface area contributed by atoms with Gasteiger partial charge in [0.2, 0.25) is 0 Å². The Morgan fingerprint density at radius 1 is 1.07 bits per heavy atom. The second kappa shape index (κ2) is 6.37. The smallest absolute Gasteiger partial charge is 0.182 e. The first-order valence-electron chi connectivity index (χ1n) is 9.70. The molecule has 0 N–H and O–H groups in total. The van der Waals surface area contributed by atoms with E-state index in [0.717, 1.165) is 40.7 Å². The summed E-state index contributed by atoms with van der Waals surface area (Å²) in [6.07, 6.45) is 5.12. The number of fused-ring (bicyclic) bond motifs is 7. The highest BCUT2D eigenvalue weighted by atomic mass is 35.5. The molecule has 6 heteroatoms. The van der Waals surface area contributed by atoms with Crippen molar-refractivity contribution >= 4 is 38.8 Å². The highest BCUT2D eigenvalue weighted by molar-refractivity contribution is 7.19. The van der Waals surface area contributed by atoms with Crippen LogP contribution in [-0.2, 0) is 12.8 Å². The molecule has 1 aliphatic carbocycles. The van der Waals surface area contributed by atoms with Gasteiger partial charge in [0.15, 0.2) is 11.5 Å². The van der Waals surface area contributed by atoms with Gasteiger partial charge in [0.1, 0.15) is 11.2 Å². The zero-order chi connectivity index (χ0) is 19.5. The Kier molecular flexibility index (Phi) is 3.76. The summed E-state index contributed by atoms with van der Waals surface area (Å²) in [4.78, 5) is 12.1. The third kappa shape index (κ3) is 2.69. The van der Waals surface area contributed by atoms with Crippen molar-refractivity contribution in [3.63, 3.8) is 0 Å². The first-order valence-corrected chi connectivity index (χ1v) is 10.9. The van der Waals surface area contributed by atoms with Crippen LogP contribution in [0.4, 0.5) is 0 Å². The van der Waals surface area contributed by atoms with E-state index in [0.29, 0.717) is 10.8 Å². The van der Waals surface area contributed by atoms with Gasteiger partial charge in [0.05, 0.1) is 5.39 Å². The monoisotopic (exact) mass is 416 g/mol. The van der Waals surface area contributed by atoms with Gasteiger partial charge in [-0.25, -0.2) is 14.5 Å². The molecule has 3 aromatic heterocycles. The van der Waals surface area contributed by atoms with E-state index in [2.05, 4.69) is 25.1 Å². The Morgan fingerprint density at radius 2 is 1.93 bits per heavy atom. The lowest BCUT2D eigenvalue weighted by Crippen LogP contribution is -1.92. The summed E-state index contributed by atoms with van der Waals surface area (Å²) in [5, 5.41) is 6.52. The summed E-state index contributed by atoms with van der Waals surface area (Å²) in [5.74, 6) is 0.689. The molecule has 0 saturated heterocycles. The molecule has 0 unspecified atom stereocenters. The number of aromatic nitrogens is 4. The van der Waals surface area contributed by atoms with Crippen LogP contribution < -0.4 is 0 Å². The van der Waals surface area contributed by atoms with E-state index in [1.165, 1.54) is 27.1 Å². The summed E-state index contributed by atoms with van der Waals surface area (Å²) in [6.45, 7) is 2.16. The van der Waals surface area contributed by atoms with Crippen molar-refractivity contribution in [2.45, 2.75) is 26.2 Å². The fourth-order valence-electron chi connectivity index (χ4n) is 4.21. The Bertz CT molecular complexity index is 1400. The predicted octanol–water partition coefficient (Wildman–Crippen LogP) is 6.12. The summed E-state index contributed by atoms with van der Waals surface area (Å²) >= 11 is 7.84. The summed E-state index contributed by atoms with van der Waals surface area (Å²) in [7, 11) is 0. The topological polar surface area (TPSA) is 43.1 Å². The predicted molar refractivity (Wildman–Crippen MR) is 119 cm³/mol. The first-order chi connectivity index (χ1) is 14.2. The molecule has 29 heavy (non-hydrogen) atoms. The molecule has 1 aliphatic rings. The Labute approximate surface area is 176 Å². The average molecular weight is 417 g/mol. The van der Waals surface area contributed by atoms with Crippen LogP contribution in [0.5, 0.6) is 0 Å². The summed E-state index contributed by atoms with van der Waals surface area (Å²) < 4.78 is 1.81. The second-order valence-electron chi connectivity index (χ2n) is 7.55. The van der Waals surface area contributed by atoms with Crippen molar-refractivity contribution in [2.24, 2.45) is 0 Å². The molecule has 0 amide bonds. The molecule has 142 valence electrons. The maximum Gasteiger partial charge on any atom is 0.182 e. The molecule has 4 nitrogen and oxygen atoms in total. The van der Waals surface area contributed by atoms with E-state index >= 15 is 0 Å². The Balaban J connectivity index is 1.67. The van der Waals surface area contributed by atoms with Crippen molar-refractivity contribution in [1.29, 1.82) is 0 Å². The van der Waals surface area contributed by atoms with Gasteiger partial charge in [0, 0.05) is 21.0 Å². The molecule has 2 aromatic carbocycles. The molecule has 0 radical (unpaired) electrons. The van der Waals surface area contributed by atoms with Crippen LogP contribution in [0.15, 0.2) is 48.8 Å². The van der Waals surface area contributed by atoms with Crippen LogP contribution in [0, 0.1) is 6.92 Å². The fraction of sp³-hybridized carbons (Fsp3) is 0.174. The number of rotatable bonds is 1. The largest absolute Gasteiger partial charge is 0.225 e. The van der Waals surface area contributed by atoms with Crippen molar-refractivity contribution in [2.75, 3.05) is 0 Å². The van der Waals surface area contributed by atoms with Gasteiger partial charge in [0.25, 0.3) is 0 Å². The molecule has 0 spiro atoms. The SMILES string of the molecule is Cc1ccc2c(c1)-c1c(sc3ncn4nc(-c5ccc(Cl)cc5)nc4c13)CCC2. The number of hydrogen-bond acceptors (Lipinski definition) is 4. The molecular weight excluding hydrogens is 400 g/mol. The van der Waals surface area contributed by atoms with Gasteiger partial charge in [-0.3, -0.25) is 0 Å². The highest BCUT2D eigenvalue weighted by Gasteiger charge is 2.23. The normalized spacial score (nSPS) is 13.4. The highest BCUT2D eigenvalue weighted by Crippen LogP contribution is 2.44. The van der Waals surface area contributed by atoms with Gasteiger partial charge >= 0.3 is 0 Å². The summed E-state index contributed by atoms with van der Waals surface area (Å²) in [5.41, 5.74) is 7.13. The number of benzene rings is 2. The minimum atomic E-state index is 0.689. The molecule has 0 bridgehead atoms. The van der Waals surface area contributed by atoms with Gasteiger partial charge in [-0.15, -0.1) is 16.4 Å². The minimum absolute atomic E-state index is 0.689. The Hall–Kier alpha value is -2.76. The van der Waals surface area contributed by atoms with Gasteiger partial charge in [-0.05, 0) is 61.6 Å². The molecule has 0 fully saturated rings. The van der Waals surface area contributed by atoms with E-state index < -0.39 is 0 Å². The third-order valence-electron chi connectivity index (χ3n) is 5.59. The zero-order valence-corrected chi connectivity index (χ0v) is 17.4. The first kappa shape index (κ1) is 17.1. The molecular formula is C23H17ClN4S. The molecule has 0 atom stereocenters. The van der Waals surface area contributed by atoms with E-state index in [1.54, 1.807) is 22.2 Å². The fourth-order valence-corrected chi connectivity index (χ4v) is 5.52. The van der Waals surface area contributed by atoms with Gasteiger partial charge in [-0.2, -0.15) is 0 Å². The standard InChI is InChI=1S/C23H17ClN4S/c1-13-5-6-14-3-2-4-18-19(17(14)11-13)20-22-26-21(15-7-9-16(24)10-8-15)27-28(22)12-25-23(20)29-18/h5-12H,2-4H2,1H3. The zero-order valence-electron chi connectivity index (χ0n) is 15.8. The van der Waals surface area contributed by atoms with Crippen LogP contribution in [0.3, 0.4) is 0 Å². The lowest BCUT2D eigenvalue weighted by Gasteiger charge is -2.08. The molecule has 5 aromatic rings. The van der Waals surface area contributed by atoms with Crippen molar-refractivity contribution < 1.29 is 0 Å². The van der Waals surface area contributed by atoms with E-state index in [9.17, 15) is 0 Å². The van der Waals surface area contributed by atoms with Crippen molar-refractivity contribution in [3.8, 4) is 22.5 Å². The number of hydrogen-bond donors (Lipinski definition) is 0. The van der Waals surface area contributed by atoms with Gasteiger partial charge in [-0.1, -0.05) is 35.4 Å². The third-order valence-corrected chi connectivity index (χ3v) is 7.00. The van der Waals surface area contributed by atoms with Crippen molar-refractivity contribution in [1.82, 2.24) is 19.6 Å². The number of thiophene rings is 1. The Morgan fingerprint density at radius 3 is 2.79 bits per heavy atom. The minimum Gasteiger partial charge on any atom is -0.225 e. The van der Waals surface area contributed by atoms with Crippen LogP contribution in [-0.4, -0.2) is 19.6 Å². The van der Waals surface area contributed by atoms with Gasteiger partial charge < -0.3 is 0 Å². The van der Waals surface area contributed by atoms with Crippen LogP contribution in [0.1, 0.15) is 22.4 Å². The maximum atomic E-state index is 6.04. The van der Waals surface area contributed by atoms with Crippen molar-refractivity contribution in [3.05, 3.63) is 69.8 Å².